The van der Waals surface area contributed by atoms with E-state index in [0.29, 0.717) is 17.9 Å². The molecular formula is C18H17NO3. The summed E-state index contributed by atoms with van der Waals surface area (Å²) in [6, 6.07) is 13.0. The zero-order chi connectivity index (χ0) is 15.7. The van der Waals surface area contributed by atoms with E-state index in [4.69, 9.17) is 4.74 Å². The minimum absolute atomic E-state index is 0.134. The van der Waals surface area contributed by atoms with Crippen molar-refractivity contribution in [2.75, 3.05) is 7.11 Å². The van der Waals surface area contributed by atoms with Crippen molar-refractivity contribution in [2.45, 2.75) is 13.3 Å². The van der Waals surface area contributed by atoms with E-state index in [0.717, 1.165) is 22.0 Å². The van der Waals surface area contributed by atoms with Gasteiger partial charge in [0.05, 0.1) is 18.3 Å². The van der Waals surface area contributed by atoms with Crippen molar-refractivity contribution >= 4 is 10.9 Å². The summed E-state index contributed by atoms with van der Waals surface area (Å²) in [6.07, 6.45) is 0.710. The van der Waals surface area contributed by atoms with E-state index in [-0.39, 0.29) is 11.5 Å². The Balaban J connectivity index is 1.95. The van der Waals surface area contributed by atoms with Crippen molar-refractivity contribution < 1.29 is 14.9 Å². The molecule has 4 nitrogen and oxygen atoms in total. The number of ether oxygens (including phenoxy) is 1. The Hall–Kier alpha value is -2.75. The zero-order valence-corrected chi connectivity index (χ0v) is 12.5. The van der Waals surface area contributed by atoms with Gasteiger partial charge in [-0.05, 0) is 54.8 Å². The van der Waals surface area contributed by atoms with Crippen LogP contribution in [0, 0.1) is 6.92 Å². The first kappa shape index (κ1) is 14.2. The average molecular weight is 295 g/mol. The highest BCUT2D eigenvalue weighted by molar-refractivity contribution is 5.81. The molecular weight excluding hydrogens is 278 g/mol. The van der Waals surface area contributed by atoms with Crippen LogP contribution in [0.1, 0.15) is 16.8 Å². The number of methoxy groups -OCH3 is 1. The van der Waals surface area contributed by atoms with Gasteiger partial charge in [0.15, 0.2) is 11.5 Å². The summed E-state index contributed by atoms with van der Waals surface area (Å²) in [7, 11) is 1.53. The molecule has 3 aromatic rings. The summed E-state index contributed by atoms with van der Waals surface area (Å²) in [4.78, 5) is 4.36. The van der Waals surface area contributed by atoms with Crippen molar-refractivity contribution in [3.63, 3.8) is 0 Å². The standard InChI is InChI=1S/C18H17NO3/c1-11-17(21)10-14-8-12(3-5-15(14)19-11)7-13-4-6-16(20)18(9-13)22-2/h3-6,8-10,20-21H,7H2,1-2H3. The number of phenols is 1. The van der Waals surface area contributed by atoms with E-state index in [9.17, 15) is 10.2 Å². The largest absolute Gasteiger partial charge is 0.506 e. The van der Waals surface area contributed by atoms with Crippen LogP contribution >= 0.6 is 0 Å². The molecule has 0 unspecified atom stereocenters. The van der Waals surface area contributed by atoms with Gasteiger partial charge in [-0.3, -0.25) is 0 Å². The molecule has 0 saturated heterocycles. The molecule has 0 amide bonds. The molecule has 22 heavy (non-hydrogen) atoms. The third kappa shape index (κ3) is 2.68. The van der Waals surface area contributed by atoms with E-state index in [1.807, 2.05) is 30.3 Å². The summed E-state index contributed by atoms with van der Waals surface area (Å²) in [5.74, 6) is 0.804. The fraction of sp³-hybridized carbons (Fsp3) is 0.167. The molecule has 0 saturated carbocycles. The Morgan fingerprint density at radius 1 is 0.955 bits per heavy atom. The molecule has 1 heterocycles. The predicted molar refractivity (Wildman–Crippen MR) is 85.6 cm³/mol. The lowest BCUT2D eigenvalue weighted by molar-refractivity contribution is 0.373. The Bertz CT molecular complexity index is 843. The Labute approximate surface area is 128 Å². The molecule has 0 aliphatic carbocycles. The van der Waals surface area contributed by atoms with E-state index in [1.165, 1.54) is 7.11 Å². The lowest BCUT2D eigenvalue weighted by Crippen LogP contribution is -1.92. The van der Waals surface area contributed by atoms with Crippen LogP contribution in [0.4, 0.5) is 0 Å². The predicted octanol–water partition coefficient (Wildman–Crippen LogP) is 3.55. The molecule has 0 atom stereocenters. The Morgan fingerprint density at radius 3 is 2.45 bits per heavy atom. The first-order valence-electron chi connectivity index (χ1n) is 7.02. The lowest BCUT2D eigenvalue weighted by Gasteiger charge is -2.08. The molecule has 0 fully saturated rings. The maximum absolute atomic E-state index is 9.79. The highest BCUT2D eigenvalue weighted by atomic mass is 16.5. The van der Waals surface area contributed by atoms with Gasteiger partial charge >= 0.3 is 0 Å². The van der Waals surface area contributed by atoms with Crippen LogP contribution in [-0.2, 0) is 6.42 Å². The van der Waals surface area contributed by atoms with Crippen LogP contribution in [0.5, 0.6) is 17.2 Å². The normalized spacial score (nSPS) is 10.8. The van der Waals surface area contributed by atoms with Crippen LogP contribution in [-0.4, -0.2) is 22.3 Å². The van der Waals surface area contributed by atoms with Gasteiger partial charge < -0.3 is 14.9 Å². The second-order valence-electron chi connectivity index (χ2n) is 5.30. The van der Waals surface area contributed by atoms with Crippen molar-refractivity contribution in [1.82, 2.24) is 4.98 Å². The van der Waals surface area contributed by atoms with Crippen LogP contribution in [0.15, 0.2) is 42.5 Å². The first-order valence-corrected chi connectivity index (χ1v) is 7.02. The summed E-state index contributed by atoms with van der Waals surface area (Å²) >= 11 is 0. The third-order valence-electron chi connectivity index (χ3n) is 3.70. The molecule has 3 rings (SSSR count). The minimum atomic E-state index is 0.134. The summed E-state index contributed by atoms with van der Waals surface area (Å²) in [5.41, 5.74) is 3.63. The van der Waals surface area contributed by atoms with E-state index in [2.05, 4.69) is 4.98 Å². The number of fused-ring (bicyclic) bond motifs is 1. The first-order chi connectivity index (χ1) is 10.6. The van der Waals surface area contributed by atoms with Crippen LogP contribution in [0.2, 0.25) is 0 Å². The van der Waals surface area contributed by atoms with Crippen molar-refractivity contribution in [1.29, 1.82) is 0 Å². The SMILES string of the molecule is COc1cc(Cc2ccc3nc(C)c(O)cc3c2)ccc1O. The van der Waals surface area contributed by atoms with Gasteiger partial charge in [0.2, 0.25) is 0 Å². The van der Waals surface area contributed by atoms with Crippen LogP contribution < -0.4 is 4.74 Å². The number of benzene rings is 2. The minimum Gasteiger partial charge on any atom is -0.506 e. The summed E-state index contributed by atoms with van der Waals surface area (Å²) in [5, 5.41) is 20.3. The van der Waals surface area contributed by atoms with Gasteiger partial charge in [-0.1, -0.05) is 12.1 Å². The number of rotatable bonds is 3. The number of hydrogen-bond donors (Lipinski definition) is 2. The van der Waals surface area contributed by atoms with Gasteiger partial charge in [-0.15, -0.1) is 0 Å². The molecule has 1 aromatic heterocycles. The Kier molecular flexibility index (Phi) is 3.59. The third-order valence-corrected chi connectivity index (χ3v) is 3.70. The monoisotopic (exact) mass is 295 g/mol. The number of pyridine rings is 1. The number of aryl methyl sites for hydroxylation is 1. The van der Waals surface area contributed by atoms with E-state index in [1.54, 1.807) is 19.1 Å². The highest BCUT2D eigenvalue weighted by Gasteiger charge is 2.06. The number of phenolic OH excluding ortho intramolecular Hbond substituents is 1. The molecule has 112 valence electrons. The highest BCUT2D eigenvalue weighted by Crippen LogP contribution is 2.28. The van der Waals surface area contributed by atoms with Crippen LogP contribution in [0.25, 0.3) is 10.9 Å². The number of aromatic nitrogens is 1. The average Bonchev–Trinajstić information content (AvgIpc) is 2.50. The summed E-state index contributed by atoms with van der Waals surface area (Å²) in [6.45, 7) is 1.78. The topological polar surface area (TPSA) is 62.6 Å². The van der Waals surface area contributed by atoms with Gasteiger partial charge in [0, 0.05) is 5.39 Å². The molecule has 0 spiro atoms. The van der Waals surface area contributed by atoms with Crippen molar-refractivity contribution in [2.24, 2.45) is 0 Å². The van der Waals surface area contributed by atoms with Gasteiger partial charge in [0.1, 0.15) is 5.75 Å². The molecule has 2 aromatic carbocycles. The van der Waals surface area contributed by atoms with Gasteiger partial charge in [0.25, 0.3) is 0 Å². The number of aromatic hydroxyl groups is 2. The fourth-order valence-corrected chi connectivity index (χ4v) is 2.49. The van der Waals surface area contributed by atoms with E-state index < -0.39 is 0 Å². The molecule has 4 heteroatoms. The van der Waals surface area contributed by atoms with Crippen molar-refractivity contribution in [3.05, 3.63) is 59.3 Å². The Morgan fingerprint density at radius 2 is 1.68 bits per heavy atom. The quantitative estimate of drug-likeness (QED) is 0.775. The molecule has 0 bridgehead atoms. The van der Waals surface area contributed by atoms with Gasteiger partial charge in [-0.2, -0.15) is 0 Å². The van der Waals surface area contributed by atoms with E-state index >= 15 is 0 Å². The number of nitrogens with zero attached hydrogens (tertiary/aromatic N) is 1. The molecule has 0 aliphatic rings. The smallest absolute Gasteiger partial charge is 0.160 e. The second kappa shape index (κ2) is 5.56. The second-order valence-corrected chi connectivity index (χ2v) is 5.30. The number of hydrogen-bond acceptors (Lipinski definition) is 4. The molecule has 0 aliphatic heterocycles. The molecule has 2 N–H and O–H groups in total. The van der Waals surface area contributed by atoms with Crippen molar-refractivity contribution in [3.8, 4) is 17.2 Å². The summed E-state index contributed by atoms with van der Waals surface area (Å²) < 4.78 is 5.13. The van der Waals surface area contributed by atoms with Crippen LogP contribution in [0.3, 0.4) is 0 Å². The zero-order valence-electron chi connectivity index (χ0n) is 12.5. The maximum Gasteiger partial charge on any atom is 0.160 e. The molecule has 0 radical (unpaired) electrons. The maximum atomic E-state index is 9.79. The lowest BCUT2D eigenvalue weighted by atomic mass is 10.0. The fourth-order valence-electron chi connectivity index (χ4n) is 2.49. The van der Waals surface area contributed by atoms with Gasteiger partial charge in [-0.25, -0.2) is 4.98 Å².